The smallest absolute Gasteiger partial charge is 0.250 e. The first kappa shape index (κ1) is 19.9. The molecule has 0 atom stereocenters. The van der Waals surface area contributed by atoms with Crippen molar-refractivity contribution in [3.8, 4) is 11.1 Å². The minimum absolute atomic E-state index is 0.0682. The third-order valence-electron chi connectivity index (χ3n) is 8.16. The van der Waals surface area contributed by atoms with E-state index in [1.807, 2.05) is 19.2 Å². The number of rotatable bonds is 4. The van der Waals surface area contributed by atoms with Crippen LogP contribution in [0.15, 0.2) is 47.4 Å². The summed E-state index contributed by atoms with van der Waals surface area (Å²) in [5.41, 5.74) is 4.30. The van der Waals surface area contributed by atoms with E-state index in [0.29, 0.717) is 12.0 Å². The molecule has 4 nitrogen and oxygen atoms in total. The Morgan fingerprint density at radius 1 is 0.867 bits per heavy atom. The van der Waals surface area contributed by atoms with Crippen molar-refractivity contribution in [2.75, 3.05) is 31.1 Å². The molecule has 4 heteroatoms. The number of anilines is 1. The Bertz CT molecular complexity index is 910. The van der Waals surface area contributed by atoms with Gasteiger partial charge in [0.05, 0.1) is 0 Å². The van der Waals surface area contributed by atoms with Gasteiger partial charge in [0.15, 0.2) is 0 Å². The number of nitrogens with zero attached hydrogens (tertiary/aromatic N) is 3. The normalized spacial score (nSPS) is 22.2. The summed E-state index contributed by atoms with van der Waals surface area (Å²) in [6, 6.07) is 13.4. The zero-order valence-electron chi connectivity index (χ0n) is 18.4. The lowest BCUT2D eigenvalue weighted by atomic mass is 9.70. The summed E-state index contributed by atoms with van der Waals surface area (Å²) in [7, 11) is 0. The fourth-order valence-electron chi connectivity index (χ4n) is 5.67. The molecule has 5 rings (SSSR count). The quantitative estimate of drug-likeness (QED) is 0.734. The van der Waals surface area contributed by atoms with Crippen LogP contribution in [0.2, 0.25) is 0 Å². The summed E-state index contributed by atoms with van der Waals surface area (Å²) in [4.78, 5) is 17.2. The Morgan fingerprint density at radius 2 is 1.50 bits per heavy atom. The van der Waals surface area contributed by atoms with E-state index >= 15 is 0 Å². The molecule has 0 N–H and O–H groups in total. The van der Waals surface area contributed by atoms with E-state index in [-0.39, 0.29) is 5.56 Å². The van der Waals surface area contributed by atoms with Crippen LogP contribution in [-0.2, 0) is 6.54 Å². The summed E-state index contributed by atoms with van der Waals surface area (Å²) in [5, 5.41) is 0. The first-order valence-electron chi connectivity index (χ1n) is 12.0. The zero-order valence-corrected chi connectivity index (χ0v) is 18.4. The highest BCUT2D eigenvalue weighted by Gasteiger charge is 2.39. The lowest BCUT2D eigenvalue weighted by Crippen LogP contribution is -2.50. The summed E-state index contributed by atoms with van der Waals surface area (Å²) in [5.74, 6) is 0. The number of aryl methyl sites for hydroxylation is 1. The van der Waals surface area contributed by atoms with Crippen LogP contribution < -0.4 is 10.5 Å². The third-order valence-corrected chi connectivity index (χ3v) is 8.16. The van der Waals surface area contributed by atoms with Gasteiger partial charge in [-0.15, -0.1) is 0 Å². The van der Waals surface area contributed by atoms with Gasteiger partial charge in [-0.05, 0) is 93.3 Å². The van der Waals surface area contributed by atoms with Crippen molar-refractivity contribution in [2.45, 2.75) is 64.5 Å². The number of hydrogen-bond acceptors (Lipinski definition) is 3. The van der Waals surface area contributed by atoms with E-state index in [4.69, 9.17) is 0 Å². The van der Waals surface area contributed by atoms with Gasteiger partial charge in [-0.25, -0.2) is 0 Å². The van der Waals surface area contributed by atoms with Gasteiger partial charge in [0.25, 0.3) is 5.56 Å². The Hall–Kier alpha value is -2.07. The van der Waals surface area contributed by atoms with E-state index in [9.17, 15) is 4.79 Å². The van der Waals surface area contributed by atoms with E-state index in [1.54, 1.807) is 10.6 Å². The lowest BCUT2D eigenvalue weighted by Gasteiger charge is -2.50. The molecule has 0 unspecified atom stereocenters. The Balaban J connectivity index is 1.20. The molecular formula is C26H35N3O. The molecule has 2 aromatic rings. The predicted octanol–water partition coefficient (Wildman–Crippen LogP) is 4.77. The molecule has 160 valence electrons. The maximum atomic E-state index is 11.8. The summed E-state index contributed by atoms with van der Waals surface area (Å²) in [6.45, 7) is 7.75. The average molecular weight is 406 g/mol. The molecule has 0 radical (unpaired) electrons. The minimum Gasteiger partial charge on any atom is -0.371 e. The number of hydrogen-bond donors (Lipinski definition) is 0. The molecular weight excluding hydrogens is 370 g/mol. The molecule has 1 aromatic heterocycles. The highest BCUT2D eigenvalue weighted by molar-refractivity contribution is 5.65. The number of aromatic nitrogens is 1. The van der Waals surface area contributed by atoms with Crippen molar-refractivity contribution < 1.29 is 0 Å². The van der Waals surface area contributed by atoms with E-state index in [0.717, 1.165) is 11.6 Å². The second-order valence-electron chi connectivity index (χ2n) is 9.70. The van der Waals surface area contributed by atoms with Crippen LogP contribution >= 0.6 is 0 Å². The molecule has 2 saturated heterocycles. The molecule has 1 aliphatic carbocycles. The number of piperidine rings is 2. The molecule has 0 bridgehead atoms. The van der Waals surface area contributed by atoms with Gasteiger partial charge in [-0.1, -0.05) is 18.6 Å². The largest absolute Gasteiger partial charge is 0.371 e. The van der Waals surface area contributed by atoms with Crippen LogP contribution in [0.5, 0.6) is 0 Å². The van der Waals surface area contributed by atoms with E-state index in [2.05, 4.69) is 34.1 Å². The van der Waals surface area contributed by atoms with Crippen molar-refractivity contribution >= 4 is 5.69 Å². The molecule has 0 amide bonds. The second-order valence-corrected chi connectivity index (χ2v) is 9.70. The van der Waals surface area contributed by atoms with Crippen molar-refractivity contribution in [3.63, 3.8) is 0 Å². The fourth-order valence-corrected chi connectivity index (χ4v) is 5.67. The predicted molar refractivity (Wildman–Crippen MR) is 124 cm³/mol. The van der Waals surface area contributed by atoms with Gasteiger partial charge < -0.3 is 14.4 Å². The van der Waals surface area contributed by atoms with Gasteiger partial charge in [-0.2, -0.15) is 0 Å². The monoisotopic (exact) mass is 405 g/mol. The van der Waals surface area contributed by atoms with Crippen molar-refractivity contribution in [1.82, 2.24) is 9.47 Å². The van der Waals surface area contributed by atoms with Crippen LogP contribution in [-0.4, -0.2) is 41.7 Å². The molecule has 1 aromatic carbocycles. The Labute approximate surface area is 180 Å². The first-order chi connectivity index (χ1) is 14.7. The van der Waals surface area contributed by atoms with Crippen LogP contribution in [0.25, 0.3) is 11.1 Å². The standard InChI is InChI=1S/C26H35N3O/c1-2-27-20-22(8-11-25(27)30)21-6-9-24(10-7-21)29-18-14-26(15-19-29)12-16-28(17-13-26)23-4-3-5-23/h6-11,20,23H,2-5,12-19H2,1H3. The highest BCUT2D eigenvalue weighted by atomic mass is 16.1. The molecule has 1 saturated carbocycles. The molecule has 3 heterocycles. The average Bonchev–Trinajstić information content (AvgIpc) is 2.75. The topological polar surface area (TPSA) is 28.5 Å². The highest BCUT2D eigenvalue weighted by Crippen LogP contribution is 2.43. The lowest BCUT2D eigenvalue weighted by molar-refractivity contribution is 0.0306. The maximum Gasteiger partial charge on any atom is 0.250 e. The number of pyridine rings is 1. The maximum absolute atomic E-state index is 11.8. The van der Waals surface area contributed by atoms with Crippen molar-refractivity contribution in [1.29, 1.82) is 0 Å². The van der Waals surface area contributed by atoms with Crippen molar-refractivity contribution in [2.24, 2.45) is 5.41 Å². The first-order valence-corrected chi connectivity index (χ1v) is 12.0. The number of benzene rings is 1. The van der Waals surface area contributed by atoms with Crippen LogP contribution in [0.3, 0.4) is 0 Å². The van der Waals surface area contributed by atoms with E-state index < -0.39 is 0 Å². The summed E-state index contributed by atoms with van der Waals surface area (Å²) < 4.78 is 1.77. The summed E-state index contributed by atoms with van der Waals surface area (Å²) >= 11 is 0. The Morgan fingerprint density at radius 3 is 2.10 bits per heavy atom. The third kappa shape index (κ3) is 3.82. The summed E-state index contributed by atoms with van der Waals surface area (Å²) in [6.07, 6.45) is 11.8. The minimum atomic E-state index is 0.0682. The van der Waals surface area contributed by atoms with Gasteiger partial charge in [0.1, 0.15) is 0 Å². The van der Waals surface area contributed by atoms with Crippen LogP contribution in [0.4, 0.5) is 5.69 Å². The molecule has 30 heavy (non-hydrogen) atoms. The molecule has 3 fully saturated rings. The zero-order chi connectivity index (χ0) is 20.6. The van der Waals surface area contributed by atoms with Gasteiger partial charge in [-0.3, -0.25) is 4.79 Å². The van der Waals surface area contributed by atoms with Crippen molar-refractivity contribution in [3.05, 3.63) is 52.9 Å². The van der Waals surface area contributed by atoms with Gasteiger partial charge in [0, 0.05) is 43.6 Å². The second kappa shape index (κ2) is 8.22. The van der Waals surface area contributed by atoms with E-state index in [1.165, 1.54) is 82.4 Å². The number of likely N-dealkylation sites (tertiary alicyclic amines) is 1. The van der Waals surface area contributed by atoms with Gasteiger partial charge in [0.2, 0.25) is 0 Å². The molecule has 3 aliphatic rings. The Kier molecular flexibility index (Phi) is 5.44. The molecule has 2 aliphatic heterocycles. The molecule has 1 spiro atoms. The van der Waals surface area contributed by atoms with Crippen LogP contribution in [0.1, 0.15) is 51.9 Å². The van der Waals surface area contributed by atoms with Gasteiger partial charge >= 0.3 is 0 Å². The SMILES string of the molecule is CCn1cc(-c2ccc(N3CCC4(CC3)CCN(C3CCC3)CC4)cc2)ccc1=O. The van der Waals surface area contributed by atoms with Crippen LogP contribution in [0, 0.1) is 5.41 Å². The fraction of sp³-hybridized carbons (Fsp3) is 0.577.